The van der Waals surface area contributed by atoms with Gasteiger partial charge in [0, 0.05) is 30.1 Å². The molecule has 0 radical (unpaired) electrons. The molecule has 0 N–H and O–H groups in total. The number of carbonyl (C=O) groups is 1. The van der Waals surface area contributed by atoms with Crippen LogP contribution < -0.4 is 0 Å². The van der Waals surface area contributed by atoms with Gasteiger partial charge in [-0.05, 0) is 67.1 Å². The maximum atomic E-state index is 12.8. The highest BCUT2D eigenvalue weighted by Crippen LogP contribution is 2.25. The summed E-state index contributed by atoms with van der Waals surface area (Å²) in [6, 6.07) is 10.4. The molecule has 24 heavy (non-hydrogen) atoms. The predicted molar refractivity (Wildman–Crippen MR) is 98.3 cm³/mol. The Morgan fingerprint density at radius 1 is 1.00 bits per heavy atom. The summed E-state index contributed by atoms with van der Waals surface area (Å²) in [4.78, 5) is 18.7. The summed E-state index contributed by atoms with van der Waals surface area (Å²) in [5.41, 5.74) is 3.45. The van der Waals surface area contributed by atoms with Crippen molar-refractivity contribution in [2.24, 2.45) is 0 Å². The van der Waals surface area contributed by atoms with Crippen molar-refractivity contribution >= 4 is 17.2 Å². The zero-order valence-corrected chi connectivity index (χ0v) is 14.9. The number of benzene rings is 1. The van der Waals surface area contributed by atoms with Crippen molar-refractivity contribution in [3.8, 4) is 0 Å². The van der Waals surface area contributed by atoms with Gasteiger partial charge in [-0.15, -0.1) is 11.3 Å². The summed E-state index contributed by atoms with van der Waals surface area (Å²) in [5.74, 6) is 0.163. The van der Waals surface area contributed by atoms with Crippen molar-refractivity contribution in [3.63, 3.8) is 0 Å². The highest BCUT2D eigenvalue weighted by Gasteiger charge is 2.22. The summed E-state index contributed by atoms with van der Waals surface area (Å²) in [7, 11) is 0. The van der Waals surface area contributed by atoms with Gasteiger partial charge in [0.15, 0.2) is 0 Å². The summed E-state index contributed by atoms with van der Waals surface area (Å²) in [6.45, 7) is 5.01. The number of thiophene rings is 1. The lowest BCUT2D eigenvalue weighted by atomic mass is 10.1. The smallest absolute Gasteiger partial charge is 0.254 e. The van der Waals surface area contributed by atoms with E-state index in [1.54, 1.807) is 0 Å². The number of piperidine rings is 1. The number of hydrogen-bond acceptors (Lipinski definition) is 3. The van der Waals surface area contributed by atoms with E-state index in [0.717, 1.165) is 31.6 Å². The van der Waals surface area contributed by atoms with Crippen molar-refractivity contribution in [2.75, 3.05) is 19.6 Å². The van der Waals surface area contributed by atoms with E-state index in [4.69, 9.17) is 0 Å². The normalized spacial score (nSPS) is 18.4. The third-order valence-corrected chi connectivity index (χ3v) is 6.17. The van der Waals surface area contributed by atoms with Gasteiger partial charge in [-0.2, -0.15) is 0 Å². The molecule has 0 aliphatic carbocycles. The van der Waals surface area contributed by atoms with Gasteiger partial charge in [0.1, 0.15) is 0 Å². The molecule has 3 nitrogen and oxygen atoms in total. The third kappa shape index (κ3) is 3.40. The van der Waals surface area contributed by atoms with Crippen LogP contribution in [0.15, 0.2) is 35.7 Å². The first-order chi connectivity index (χ1) is 11.8. The second-order valence-corrected chi connectivity index (χ2v) is 7.88. The molecule has 4 rings (SSSR count). The van der Waals surface area contributed by atoms with Crippen molar-refractivity contribution in [2.45, 2.75) is 38.8 Å². The van der Waals surface area contributed by atoms with E-state index in [2.05, 4.69) is 28.5 Å². The van der Waals surface area contributed by atoms with Gasteiger partial charge in [-0.1, -0.05) is 18.6 Å². The quantitative estimate of drug-likeness (QED) is 0.845. The van der Waals surface area contributed by atoms with Gasteiger partial charge >= 0.3 is 0 Å². The van der Waals surface area contributed by atoms with Gasteiger partial charge in [-0.25, -0.2) is 0 Å². The topological polar surface area (TPSA) is 23.6 Å². The van der Waals surface area contributed by atoms with Crippen molar-refractivity contribution in [1.29, 1.82) is 0 Å². The van der Waals surface area contributed by atoms with E-state index >= 15 is 0 Å². The molecule has 126 valence electrons. The Balaban J connectivity index is 1.40. The molecule has 0 spiro atoms. The first-order valence-corrected chi connectivity index (χ1v) is 9.83. The summed E-state index contributed by atoms with van der Waals surface area (Å²) >= 11 is 1.81. The lowest BCUT2D eigenvalue weighted by Crippen LogP contribution is -2.35. The molecule has 1 amide bonds. The van der Waals surface area contributed by atoms with Gasteiger partial charge in [0.2, 0.25) is 0 Å². The molecule has 0 saturated carbocycles. The molecule has 1 fully saturated rings. The van der Waals surface area contributed by atoms with Crippen molar-refractivity contribution in [3.05, 3.63) is 57.3 Å². The molecule has 4 heteroatoms. The van der Waals surface area contributed by atoms with Crippen LogP contribution >= 0.6 is 11.3 Å². The fourth-order valence-electron chi connectivity index (χ4n) is 3.73. The number of hydrogen-bond donors (Lipinski definition) is 0. The van der Waals surface area contributed by atoms with E-state index in [1.165, 1.54) is 48.4 Å². The van der Waals surface area contributed by atoms with Crippen LogP contribution in [-0.4, -0.2) is 35.3 Å². The summed E-state index contributed by atoms with van der Waals surface area (Å²) < 4.78 is 0. The van der Waals surface area contributed by atoms with E-state index in [0.29, 0.717) is 0 Å². The Kier molecular flexibility index (Phi) is 4.67. The first-order valence-electron chi connectivity index (χ1n) is 8.95. The monoisotopic (exact) mass is 340 g/mol. The minimum absolute atomic E-state index is 0.163. The Bertz CT molecular complexity index is 701. The first kappa shape index (κ1) is 15.9. The molecule has 2 aromatic rings. The average molecular weight is 340 g/mol. The van der Waals surface area contributed by atoms with Gasteiger partial charge < -0.3 is 4.90 Å². The second-order valence-electron chi connectivity index (χ2n) is 6.88. The standard InChI is InChI=1S/C20H24N2OS/c23-20(22-12-8-19-18(15-22)9-13-24-19)17-6-4-16(5-7-17)14-21-10-2-1-3-11-21/h4-7,9,13H,1-3,8,10-12,14-15H2. The van der Waals surface area contributed by atoms with Crippen LogP contribution in [-0.2, 0) is 19.5 Å². The summed E-state index contributed by atoms with van der Waals surface area (Å²) in [6.07, 6.45) is 4.99. The van der Waals surface area contributed by atoms with Crippen LogP contribution in [0.5, 0.6) is 0 Å². The Morgan fingerprint density at radius 2 is 1.79 bits per heavy atom. The molecule has 2 aliphatic rings. The molecule has 2 aliphatic heterocycles. The number of amides is 1. The number of nitrogens with zero attached hydrogens (tertiary/aromatic N) is 2. The van der Waals surface area contributed by atoms with Crippen molar-refractivity contribution in [1.82, 2.24) is 9.80 Å². The Morgan fingerprint density at radius 3 is 2.58 bits per heavy atom. The molecule has 1 aromatic heterocycles. The fourth-order valence-corrected chi connectivity index (χ4v) is 4.62. The molecule has 0 atom stereocenters. The van der Waals surface area contributed by atoms with Crippen LogP contribution in [0.2, 0.25) is 0 Å². The Labute approximate surface area is 147 Å². The van der Waals surface area contributed by atoms with E-state index < -0.39 is 0 Å². The zero-order chi connectivity index (χ0) is 16.4. The maximum Gasteiger partial charge on any atom is 0.254 e. The molecular weight excluding hydrogens is 316 g/mol. The maximum absolute atomic E-state index is 12.8. The predicted octanol–water partition coefficient (Wildman–Crippen LogP) is 3.93. The molecule has 0 bridgehead atoms. The summed E-state index contributed by atoms with van der Waals surface area (Å²) in [5, 5.41) is 2.13. The van der Waals surface area contributed by atoms with Crippen LogP contribution in [0.1, 0.15) is 45.6 Å². The van der Waals surface area contributed by atoms with Crippen LogP contribution in [0.4, 0.5) is 0 Å². The number of likely N-dealkylation sites (tertiary alicyclic amines) is 1. The molecule has 3 heterocycles. The number of rotatable bonds is 3. The van der Waals surface area contributed by atoms with Crippen molar-refractivity contribution < 1.29 is 4.79 Å². The number of fused-ring (bicyclic) bond motifs is 1. The van der Waals surface area contributed by atoms with Gasteiger partial charge in [0.25, 0.3) is 5.91 Å². The minimum Gasteiger partial charge on any atom is -0.334 e. The highest BCUT2D eigenvalue weighted by molar-refractivity contribution is 7.10. The zero-order valence-electron chi connectivity index (χ0n) is 14.0. The fraction of sp³-hybridized carbons (Fsp3) is 0.450. The van der Waals surface area contributed by atoms with Crippen LogP contribution in [0.25, 0.3) is 0 Å². The molecule has 0 unspecified atom stereocenters. The second kappa shape index (κ2) is 7.08. The third-order valence-electron chi connectivity index (χ3n) is 5.15. The lowest BCUT2D eigenvalue weighted by Gasteiger charge is -2.27. The van der Waals surface area contributed by atoms with E-state index in [9.17, 15) is 4.79 Å². The SMILES string of the molecule is O=C(c1ccc(CN2CCCCC2)cc1)N1CCc2sccc2C1. The largest absolute Gasteiger partial charge is 0.334 e. The lowest BCUT2D eigenvalue weighted by molar-refractivity contribution is 0.0736. The van der Waals surface area contributed by atoms with E-state index in [-0.39, 0.29) is 5.91 Å². The van der Waals surface area contributed by atoms with Crippen LogP contribution in [0.3, 0.4) is 0 Å². The van der Waals surface area contributed by atoms with Gasteiger partial charge in [0.05, 0.1) is 0 Å². The highest BCUT2D eigenvalue weighted by atomic mass is 32.1. The minimum atomic E-state index is 0.163. The Hall–Kier alpha value is -1.65. The van der Waals surface area contributed by atoms with Gasteiger partial charge in [-0.3, -0.25) is 9.69 Å². The molecule has 1 aromatic carbocycles. The number of carbonyl (C=O) groups excluding carboxylic acids is 1. The molecular formula is C20H24N2OS. The van der Waals surface area contributed by atoms with Crippen LogP contribution in [0, 0.1) is 0 Å². The van der Waals surface area contributed by atoms with E-state index in [1.807, 2.05) is 28.4 Å². The average Bonchev–Trinajstić information content (AvgIpc) is 3.10. The molecule has 1 saturated heterocycles.